The predicted molar refractivity (Wildman–Crippen MR) is 90.7 cm³/mol. The molecule has 6 nitrogen and oxygen atoms in total. The number of amides is 1. The lowest BCUT2D eigenvalue weighted by Crippen LogP contribution is -2.41. The molecule has 1 unspecified atom stereocenters. The molecule has 0 aliphatic carbocycles. The van der Waals surface area contributed by atoms with Gasteiger partial charge in [-0.05, 0) is 30.7 Å². The van der Waals surface area contributed by atoms with Crippen molar-refractivity contribution in [2.45, 2.75) is 38.8 Å². The number of hydrogen-bond acceptors (Lipinski definition) is 4. The highest BCUT2D eigenvalue weighted by Crippen LogP contribution is 2.17. The van der Waals surface area contributed by atoms with Gasteiger partial charge in [0.05, 0.1) is 17.6 Å². The largest absolute Gasteiger partial charge is 0.347 e. The average molecular weight is 339 g/mol. The van der Waals surface area contributed by atoms with Crippen molar-refractivity contribution in [1.82, 2.24) is 25.1 Å². The number of rotatable bonds is 3. The molecule has 0 saturated heterocycles. The van der Waals surface area contributed by atoms with Crippen molar-refractivity contribution in [3.05, 3.63) is 53.5 Å². The minimum atomic E-state index is -0.343. The standard InChI is InChI=1S/C18H18FN5O/c1-2-16-22-17-6-4-14(10-24(17)23-16)21-18(25)12-7-11-8-13(19)3-5-15(11)20-9-12/h3,5,7-9,14H,2,4,6,10H2,1H3,(H,21,25). The second kappa shape index (κ2) is 6.23. The number of nitrogens with zero attached hydrogens (tertiary/aromatic N) is 4. The Hall–Kier alpha value is -2.83. The molecule has 128 valence electrons. The maximum absolute atomic E-state index is 13.4. The number of benzene rings is 1. The molecular formula is C18H18FN5O. The van der Waals surface area contributed by atoms with Crippen LogP contribution in [-0.4, -0.2) is 31.7 Å². The Balaban J connectivity index is 1.50. The summed E-state index contributed by atoms with van der Waals surface area (Å²) in [5, 5.41) is 8.09. The molecule has 1 aromatic carbocycles. The first-order valence-electron chi connectivity index (χ1n) is 8.41. The Morgan fingerprint density at radius 2 is 2.28 bits per heavy atom. The minimum Gasteiger partial charge on any atom is -0.347 e. The van der Waals surface area contributed by atoms with Crippen LogP contribution in [0.25, 0.3) is 10.9 Å². The summed E-state index contributed by atoms with van der Waals surface area (Å²) < 4.78 is 15.2. The Labute approximate surface area is 144 Å². The molecule has 1 N–H and O–H groups in total. The highest BCUT2D eigenvalue weighted by atomic mass is 19.1. The van der Waals surface area contributed by atoms with Crippen LogP contribution in [0.2, 0.25) is 0 Å². The smallest absolute Gasteiger partial charge is 0.253 e. The van der Waals surface area contributed by atoms with Gasteiger partial charge in [0.1, 0.15) is 11.6 Å². The molecule has 1 aliphatic heterocycles. The first kappa shape index (κ1) is 15.7. The van der Waals surface area contributed by atoms with Gasteiger partial charge in [0.25, 0.3) is 5.91 Å². The summed E-state index contributed by atoms with van der Waals surface area (Å²) in [6, 6.07) is 6.00. The number of aryl methyl sites for hydroxylation is 2. The van der Waals surface area contributed by atoms with Crippen LogP contribution in [0.1, 0.15) is 35.4 Å². The lowest BCUT2D eigenvalue weighted by Gasteiger charge is -2.23. The summed E-state index contributed by atoms with van der Waals surface area (Å²) in [5.41, 5.74) is 1.09. The second-order valence-corrected chi connectivity index (χ2v) is 6.25. The summed E-state index contributed by atoms with van der Waals surface area (Å²) in [6.07, 6.45) is 3.94. The van der Waals surface area contributed by atoms with Crippen LogP contribution in [0.15, 0.2) is 30.5 Å². The third-order valence-corrected chi connectivity index (χ3v) is 4.46. The van der Waals surface area contributed by atoms with Crippen LogP contribution in [0.4, 0.5) is 4.39 Å². The third-order valence-electron chi connectivity index (χ3n) is 4.46. The molecule has 0 saturated carbocycles. The summed E-state index contributed by atoms with van der Waals surface area (Å²) >= 11 is 0. The monoisotopic (exact) mass is 339 g/mol. The van der Waals surface area contributed by atoms with Crippen molar-refractivity contribution in [3.8, 4) is 0 Å². The molecule has 4 rings (SSSR count). The van der Waals surface area contributed by atoms with Gasteiger partial charge >= 0.3 is 0 Å². The lowest BCUT2D eigenvalue weighted by molar-refractivity contribution is 0.0926. The number of aromatic nitrogens is 4. The molecule has 3 heterocycles. The molecule has 25 heavy (non-hydrogen) atoms. The van der Waals surface area contributed by atoms with E-state index < -0.39 is 0 Å². The first-order chi connectivity index (χ1) is 12.1. The van der Waals surface area contributed by atoms with E-state index in [4.69, 9.17) is 0 Å². The molecule has 2 aromatic heterocycles. The molecule has 1 aliphatic rings. The van der Waals surface area contributed by atoms with Crippen molar-refractivity contribution >= 4 is 16.8 Å². The Morgan fingerprint density at radius 1 is 1.40 bits per heavy atom. The topological polar surface area (TPSA) is 72.7 Å². The van der Waals surface area contributed by atoms with Crippen LogP contribution in [0.3, 0.4) is 0 Å². The summed E-state index contributed by atoms with van der Waals surface area (Å²) in [6.45, 7) is 2.64. The van der Waals surface area contributed by atoms with Crippen LogP contribution in [0, 0.1) is 5.82 Å². The molecule has 0 fully saturated rings. The van der Waals surface area contributed by atoms with E-state index in [1.165, 1.54) is 18.3 Å². The molecule has 7 heteroatoms. The summed E-state index contributed by atoms with van der Waals surface area (Å²) in [7, 11) is 0. The highest BCUT2D eigenvalue weighted by Gasteiger charge is 2.23. The number of carbonyl (C=O) groups is 1. The van der Waals surface area contributed by atoms with E-state index in [-0.39, 0.29) is 17.8 Å². The van der Waals surface area contributed by atoms with Crippen molar-refractivity contribution in [3.63, 3.8) is 0 Å². The fraction of sp³-hybridized carbons (Fsp3) is 0.333. The Kier molecular flexibility index (Phi) is 3.91. The zero-order chi connectivity index (χ0) is 17.4. The maximum atomic E-state index is 13.4. The predicted octanol–water partition coefficient (Wildman–Crippen LogP) is 2.27. The number of fused-ring (bicyclic) bond motifs is 2. The van der Waals surface area contributed by atoms with Gasteiger partial charge in [-0.1, -0.05) is 6.92 Å². The number of carbonyl (C=O) groups excluding carboxylic acids is 1. The molecule has 0 bridgehead atoms. The van der Waals surface area contributed by atoms with E-state index >= 15 is 0 Å². The van der Waals surface area contributed by atoms with Gasteiger partial charge in [-0.3, -0.25) is 9.78 Å². The van der Waals surface area contributed by atoms with Gasteiger partial charge in [0.15, 0.2) is 5.82 Å². The number of nitrogens with one attached hydrogen (secondary N) is 1. The SMILES string of the molecule is CCc1nc2n(n1)CC(NC(=O)c1cnc3ccc(F)cc3c1)CC2. The van der Waals surface area contributed by atoms with Crippen molar-refractivity contribution in [1.29, 1.82) is 0 Å². The van der Waals surface area contributed by atoms with Crippen molar-refractivity contribution in [2.75, 3.05) is 0 Å². The normalized spacial score (nSPS) is 16.6. The van der Waals surface area contributed by atoms with E-state index in [1.54, 1.807) is 12.1 Å². The van der Waals surface area contributed by atoms with Gasteiger partial charge < -0.3 is 5.32 Å². The minimum absolute atomic E-state index is 0.00499. The maximum Gasteiger partial charge on any atom is 0.253 e. The molecule has 1 atom stereocenters. The lowest BCUT2D eigenvalue weighted by atomic mass is 10.1. The van der Waals surface area contributed by atoms with Gasteiger partial charge in [0, 0.05) is 30.5 Å². The number of hydrogen-bond donors (Lipinski definition) is 1. The van der Waals surface area contributed by atoms with E-state index in [0.29, 0.717) is 23.0 Å². The zero-order valence-corrected chi connectivity index (χ0v) is 13.9. The van der Waals surface area contributed by atoms with Gasteiger partial charge in [-0.25, -0.2) is 14.1 Å². The van der Waals surface area contributed by atoms with Crippen molar-refractivity contribution < 1.29 is 9.18 Å². The van der Waals surface area contributed by atoms with Crippen LogP contribution < -0.4 is 5.32 Å². The Morgan fingerprint density at radius 3 is 3.12 bits per heavy atom. The van der Waals surface area contributed by atoms with Crippen molar-refractivity contribution in [2.24, 2.45) is 0 Å². The molecule has 0 radical (unpaired) electrons. The number of halogens is 1. The molecule has 1 amide bonds. The number of pyridine rings is 1. The van der Waals surface area contributed by atoms with Gasteiger partial charge in [-0.15, -0.1) is 0 Å². The third kappa shape index (κ3) is 3.09. The summed E-state index contributed by atoms with van der Waals surface area (Å²) in [5.74, 6) is 1.26. The Bertz CT molecular complexity index is 952. The van der Waals surface area contributed by atoms with Crippen LogP contribution in [0.5, 0.6) is 0 Å². The second-order valence-electron chi connectivity index (χ2n) is 6.25. The quantitative estimate of drug-likeness (QED) is 0.794. The first-order valence-corrected chi connectivity index (χ1v) is 8.41. The molecule has 3 aromatic rings. The van der Waals surface area contributed by atoms with E-state index in [1.807, 2.05) is 11.6 Å². The summed E-state index contributed by atoms with van der Waals surface area (Å²) in [4.78, 5) is 21.2. The van der Waals surface area contributed by atoms with Crippen LogP contribution in [-0.2, 0) is 19.4 Å². The highest BCUT2D eigenvalue weighted by molar-refractivity contribution is 5.97. The van der Waals surface area contributed by atoms with Crippen LogP contribution >= 0.6 is 0 Å². The van der Waals surface area contributed by atoms with E-state index in [2.05, 4.69) is 20.4 Å². The van der Waals surface area contributed by atoms with E-state index in [0.717, 1.165) is 30.9 Å². The molecular weight excluding hydrogens is 321 g/mol. The fourth-order valence-electron chi connectivity index (χ4n) is 3.12. The zero-order valence-electron chi connectivity index (χ0n) is 13.9. The molecule has 0 spiro atoms. The average Bonchev–Trinajstić information content (AvgIpc) is 3.03. The van der Waals surface area contributed by atoms with Gasteiger partial charge in [0.2, 0.25) is 0 Å². The van der Waals surface area contributed by atoms with E-state index in [9.17, 15) is 9.18 Å². The fourth-order valence-corrected chi connectivity index (χ4v) is 3.12. The van der Waals surface area contributed by atoms with Gasteiger partial charge in [-0.2, -0.15) is 5.10 Å².